The van der Waals surface area contributed by atoms with Crippen molar-refractivity contribution >= 4 is 0 Å². The lowest BCUT2D eigenvalue weighted by Gasteiger charge is -2.29. The fourth-order valence-electron chi connectivity index (χ4n) is 3.28. The highest BCUT2D eigenvalue weighted by Crippen LogP contribution is 2.39. The number of hydrogen-bond donors (Lipinski definition) is 1. The second kappa shape index (κ2) is 5.08. The molecule has 0 fully saturated rings. The fraction of sp³-hybridized carbons (Fsp3) is 0.333. The van der Waals surface area contributed by atoms with Crippen molar-refractivity contribution in [1.82, 2.24) is 0 Å². The summed E-state index contributed by atoms with van der Waals surface area (Å²) < 4.78 is 11.5. The lowest BCUT2D eigenvalue weighted by molar-refractivity contribution is 0.0626. The Balaban J connectivity index is 1.62. The molecule has 108 valence electrons. The Morgan fingerprint density at radius 2 is 1.86 bits per heavy atom. The van der Waals surface area contributed by atoms with E-state index in [9.17, 15) is 5.11 Å². The van der Waals surface area contributed by atoms with Crippen molar-refractivity contribution < 1.29 is 14.6 Å². The van der Waals surface area contributed by atoms with Crippen molar-refractivity contribution in [3.8, 4) is 11.5 Å². The summed E-state index contributed by atoms with van der Waals surface area (Å²) >= 11 is 0. The van der Waals surface area contributed by atoms with Crippen LogP contribution >= 0.6 is 0 Å². The summed E-state index contributed by atoms with van der Waals surface area (Å²) in [5, 5.41) is 10.8. The quantitative estimate of drug-likeness (QED) is 0.920. The van der Waals surface area contributed by atoms with Crippen molar-refractivity contribution in [2.45, 2.75) is 18.9 Å². The van der Waals surface area contributed by atoms with E-state index in [-0.39, 0.29) is 5.92 Å². The molecule has 0 aromatic heterocycles. The van der Waals surface area contributed by atoms with Gasteiger partial charge in [0.1, 0.15) is 11.5 Å². The van der Waals surface area contributed by atoms with Gasteiger partial charge in [-0.05, 0) is 23.6 Å². The summed E-state index contributed by atoms with van der Waals surface area (Å²) in [7, 11) is 0. The van der Waals surface area contributed by atoms with Crippen molar-refractivity contribution in [3.63, 3.8) is 0 Å². The first-order valence-corrected chi connectivity index (χ1v) is 7.46. The van der Waals surface area contributed by atoms with Crippen molar-refractivity contribution in [3.05, 3.63) is 59.2 Å². The van der Waals surface area contributed by atoms with Gasteiger partial charge in [-0.3, -0.25) is 0 Å². The van der Waals surface area contributed by atoms with E-state index in [0.717, 1.165) is 29.9 Å². The van der Waals surface area contributed by atoms with Gasteiger partial charge in [-0.25, -0.2) is 0 Å². The first kappa shape index (κ1) is 12.7. The van der Waals surface area contributed by atoms with Crippen LogP contribution in [0.4, 0.5) is 0 Å². The van der Waals surface area contributed by atoms with Crippen LogP contribution < -0.4 is 9.47 Å². The smallest absolute Gasteiger partial charge is 0.128 e. The van der Waals surface area contributed by atoms with Gasteiger partial charge >= 0.3 is 0 Å². The van der Waals surface area contributed by atoms with E-state index < -0.39 is 6.10 Å². The van der Waals surface area contributed by atoms with Crippen LogP contribution in [0.2, 0.25) is 0 Å². The minimum absolute atomic E-state index is 0.0654. The Labute approximate surface area is 124 Å². The van der Waals surface area contributed by atoms with Crippen molar-refractivity contribution in [2.75, 3.05) is 13.2 Å². The van der Waals surface area contributed by atoms with Gasteiger partial charge in [-0.15, -0.1) is 0 Å². The maximum Gasteiger partial charge on any atom is 0.128 e. The summed E-state index contributed by atoms with van der Waals surface area (Å²) in [6.45, 7) is 1.25. The number of aliphatic hydroxyl groups excluding tert-OH is 1. The SMILES string of the molecule is OC(c1cccc2c1OCC2)C1COc2ccccc2C1. The highest BCUT2D eigenvalue weighted by molar-refractivity contribution is 5.46. The zero-order valence-corrected chi connectivity index (χ0v) is 11.8. The lowest BCUT2D eigenvalue weighted by atomic mass is 9.87. The molecule has 0 saturated heterocycles. The predicted octanol–water partition coefficient (Wildman–Crippen LogP) is 2.91. The highest BCUT2D eigenvalue weighted by Gasteiger charge is 2.30. The number of para-hydroxylation sites is 2. The molecule has 2 aromatic rings. The van der Waals surface area contributed by atoms with Crippen LogP contribution in [0.15, 0.2) is 42.5 Å². The molecular weight excluding hydrogens is 264 g/mol. The second-order valence-electron chi connectivity index (χ2n) is 5.76. The van der Waals surface area contributed by atoms with E-state index >= 15 is 0 Å². The number of benzene rings is 2. The summed E-state index contributed by atoms with van der Waals surface area (Å²) in [4.78, 5) is 0. The van der Waals surface area contributed by atoms with Gasteiger partial charge in [0.2, 0.25) is 0 Å². The Bertz CT molecular complexity index is 665. The summed E-state index contributed by atoms with van der Waals surface area (Å²) in [6.07, 6.45) is 1.22. The average Bonchev–Trinajstić information content (AvgIpc) is 3.02. The third kappa shape index (κ3) is 2.18. The normalized spacial score (nSPS) is 20.9. The Morgan fingerprint density at radius 3 is 2.81 bits per heavy atom. The Kier molecular flexibility index (Phi) is 3.08. The Morgan fingerprint density at radius 1 is 1.00 bits per heavy atom. The van der Waals surface area contributed by atoms with Gasteiger partial charge in [-0.2, -0.15) is 0 Å². The number of rotatable bonds is 2. The molecular formula is C18H18O3. The molecule has 4 rings (SSSR count). The molecule has 0 amide bonds. The highest BCUT2D eigenvalue weighted by atomic mass is 16.5. The monoisotopic (exact) mass is 282 g/mol. The molecule has 21 heavy (non-hydrogen) atoms. The summed E-state index contributed by atoms with van der Waals surface area (Å²) in [6, 6.07) is 14.1. The molecule has 2 heterocycles. The zero-order chi connectivity index (χ0) is 14.2. The topological polar surface area (TPSA) is 38.7 Å². The first-order valence-electron chi connectivity index (χ1n) is 7.46. The molecule has 2 aromatic carbocycles. The first-order chi connectivity index (χ1) is 10.3. The number of aliphatic hydroxyl groups is 1. The number of ether oxygens (including phenoxy) is 2. The minimum Gasteiger partial charge on any atom is -0.493 e. The molecule has 0 spiro atoms. The van der Waals surface area contributed by atoms with Gasteiger partial charge in [0.25, 0.3) is 0 Å². The average molecular weight is 282 g/mol. The van der Waals surface area contributed by atoms with Crippen LogP contribution in [0, 0.1) is 5.92 Å². The zero-order valence-electron chi connectivity index (χ0n) is 11.8. The van der Waals surface area contributed by atoms with Gasteiger partial charge < -0.3 is 14.6 Å². The standard InChI is InChI=1S/C18H18O3/c19-17(15-6-3-5-12-8-9-20-18(12)15)14-10-13-4-1-2-7-16(13)21-11-14/h1-7,14,17,19H,8-11H2. The van der Waals surface area contributed by atoms with Gasteiger partial charge in [0.15, 0.2) is 0 Å². The van der Waals surface area contributed by atoms with E-state index in [1.54, 1.807) is 0 Å². The van der Waals surface area contributed by atoms with E-state index in [2.05, 4.69) is 12.1 Å². The fourth-order valence-corrected chi connectivity index (χ4v) is 3.28. The summed E-state index contributed by atoms with van der Waals surface area (Å²) in [5.74, 6) is 1.88. The van der Waals surface area contributed by atoms with E-state index in [1.807, 2.05) is 30.3 Å². The molecule has 2 aliphatic rings. The van der Waals surface area contributed by atoms with Crippen LogP contribution in [0.5, 0.6) is 11.5 Å². The predicted molar refractivity (Wildman–Crippen MR) is 79.7 cm³/mol. The third-order valence-corrected chi connectivity index (χ3v) is 4.42. The molecule has 2 unspecified atom stereocenters. The van der Waals surface area contributed by atoms with E-state index in [4.69, 9.17) is 9.47 Å². The molecule has 3 nitrogen and oxygen atoms in total. The van der Waals surface area contributed by atoms with Crippen LogP contribution in [0.3, 0.4) is 0 Å². The third-order valence-electron chi connectivity index (χ3n) is 4.42. The molecule has 0 saturated carbocycles. The Hall–Kier alpha value is -2.00. The van der Waals surface area contributed by atoms with Crippen LogP contribution in [0.1, 0.15) is 22.8 Å². The van der Waals surface area contributed by atoms with E-state index in [1.165, 1.54) is 11.1 Å². The van der Waals surface area contributed by atoms with Gasteiger partial charge in [0, 0.05) is 17.9 Å². The number of fused-ring (bicyclic) bond motifs is 2. The van der Waals surface area contributed by atoms with Crippen LogP contribution in [0.25, 0.3) is 0 Å². The molecule has 0 radical (unpaired) electrons. The second-order valence-corrected chi connectivity index (χ2v) is 5.76. The van der Waals surface area contributed by atoms with Crippen LogP contribution in [-0.4, -0.2) is 18.3 Å². The van der Waals surface area contributed by atoms with Gasteiger partial charge in [-0.1, -0.05) is 36.4 Å². The minimum atomic E-state index is -0.550. The van der Waals surface area contributed by atoms with E-state index in [0.29, 0.717) is 13.2 Å². The summed E-state index contributed by atoms with van der Waals surface area (Å²) in [5.41, 5.74) is 3.27. The van der Waals surface area contributed by atoms with Gasteiger partial charge in [0.05, 0.1) is 19.3 Å². The molecule has 2 atom stereocenters. The van der Waals surface area contributed by atoms with Crippen LogP contribution in [-0.2, 0) is 12.8 Å². The molecule has 3 heteroatoms. The molecule has 0 aliphatic carbocycles. The largest absolute Gasteiger partial charge is 0.493 e. The molecule has 0 bridgehead atoms. The lowest BCUT2D eigenvalue weighted by Crippen LogP contribution is -2.27. The number of hydrogen-bond acceptors (Lipinski definition) is 3. The maximum absolute atomic E-state index is 10.8. The maximum atomic E-state index is 10.8. The van der Waals surface area contributed by atoms with Crippen molar-refractivity contribution in [1.29, 1.82) is 0 Å². The molecule has 1 N–H and O–H groups in total. The molecule has 2 aliphatic heterocycles. The van der Waals surface area contributed by atoms with Crippen molar-refractivity contribution in [2.24, 2.45) is 5.92 Å².